The Labute approximate surface area is 245 Å². The van der Waals surface area contributed by atoms with E-state index in [9.17, 15) is 12.8 Å². The van der Waals surface area contributed by atoms with E-state index in [0.717, 1.165) is 73.6 Å². The highest BCUT2D eigenvalue weighted by Gasteiger charge is 2.22. The summed E-state index contributed by atoms with van der Waals surface area (Å²) in [5, 5.41) is 0. The summed E-state index contributed by atoms with van der Waals surface area (Å²) in [5.74, 6) is 0.295. The number of pyridine rings is 1. The van der Waals surface area contributed by atoms with Gasteiger partial charge in [0.25, 0.3) is 10.0 Å². The number of nitrogens with zero attached hydrogens (tertiary/aromatic N) is 2. The van der Waals surface area contributed by atoms with Gasteiger partial charge < -0.3 is 0 Å². The summed E-state index contributed by atoms with van der Waals surface area (Å²) in [7, 11) is -3.90. The molecule has 5 nitrogen and oxygen atoms in total. The van der Waals surface area contributed by atoms with Gasteiger partial charge >= 0.3 is 0 Å². The number of rotatable bonds is 10. The number of aryl methyl sites for hydroxylation is 1. The van der Waals surface area contributed by atoms with Crippen LogP contribution in [0.1, 0.15) is 87.2 Å². The van der Waals surface area contributed by atoms with E-state index in [1.807, 2.05) is 18.3 Å². The van der Waals surface area contributed by atoms with E-state index in [0.29, 0.717) is 0 Å². The SMILES string of the molecule is CC(C)(C)c1cc(CCN2CCc3cc(S(=O)(=O)Nc4ccc(CCCC5CCCC5)cc4F)ccc3C2)ccn1. The maximum atomic E-state index is 14.9. The van der Waals surface area contributed by atoms with E-state index >= 15 is 0 Å². The lowest BCUT2D eigenvalue weighted by molar-refractivity contribution is 0.257. The molecule has 7 heteroatoms. The van der Waals surface area contributed by atoms with Gasteiger partial charge in [-0.05, 0) is 90.3 Å². The molecule has 1 N–H and O–H groups in total. The Morgan fingerprint density at radius 1 is 0.976 bits per heavy atom. The van der Waals surface area contributed by atoms with Crippen molar-refractivity contribution in [3.8, 4) is 0 Å². The average Bonchev–Trinajstić information content (AvgIpc) is 3.46. The van der Waals surface area contributed by atoms with Gasteiger partial charge in [-0.25, -0.2) is 12.8 Å². The van der Waals surface area contributed by atoms with Crippen LogP contribution in [0.5, 0.6) is 0 Å². The Morgan fingerprint density at radius 3 is 2.51 bits per heavy atom. The van der Waals surface area contributed by atoms with Gasteiger partial charge in [0, 0.05) is 36.9 Å². The summed E-state index contributed by atoms with van der Waals surface area (Å²) in [6.45, 7) is 9.13. The summed E-state index contributed by atoms with van der Waals surface area (Å²) in [6.07, 6.45) is 12.0. The van der Waals surface area contributed by atoms with E-state index < -0.39 is 15.8 Å². The Morgan fingerprint density at radius 2 is 1.76 bits per heavy atom. The first-order valence-corrected chi connectivity index (χ1v) is 16.7. The van der Waals surface area contributed by atoms with Crippen LogP contribution < -0.4 is 4.72 Å². The molecule has 41 heavy (non-hydrogen) atoms. The molecule has 2 aliphatic rings. The first kappa shape index (κ1) is 29.7. The predicted molar refractivity (Wildman–Crippen MR) is 164 cm³/mol. The topological polar surface area (TPSA) is 62.3 Å². The minimum absolute atomic E-state index is 0.000770. The van der Waals surface area contributed by atoms with Crippen LogP contribution in [0.25, 0.3) is 0 Å². The van der Waals surface area contributed by atoms with Gasteiger partial charge in [-0.15, -0.1) is 0 Å². The number of nitrogens with one attached hydrogen (secondary N) is 1. The van der Waals surface area contributed by atoms with Crippen molar-refractivity contribution < 1.29 is 12.8 Å². The third-order valence-corrected chi connectivity index (χ3v) is 10.1. The second-order valence-electron chi connectivity index (χ2n) is 13.0. The molecule has 0 atom stereocenters. The number of halogens is 1. The molecule has 1 saturated carbocycles. The number of sulfonamides is 1. The summed E-state index contributed by atoms with van der Waals surface area (Å²) in [5.41, 5.74) is 5.52. The van der Waals surface area contributed by atoms with Crippen molar-refractivity contribution in [2.24, 2.45) is 5.92 Å². The molecule has 220 valence electrons. The van der Waals surface area contributed by atoms with Gasteiger partial charge in [-0.3, -0.25) is 14.6 Å². The van der Waals surface area contributed by atoms with Crippen molar-refractivity contribution in [2.45, 2.75) is 95.4 Å². The average molecular weight is 578 g/mol. The minimum Gasteiger partial charge on any atom is -0.298 e. The zero-order valence-corrected chi connectivity index (χ0v) is 25.6. The molecule has 1 aliphatic carbocycles. The van der Waals surface area contributed by atoms with Gasteiger partial charge in [0.2, 0.25) is 0 Å². The van der Waals surface area contributed by atoms with Crippen LogP contribution in [0, 0.1) is 11.7 Å². The molecule has 2 aromatic carbocycles. The molecule has 0 bridgehead atoms. The summed E-state index contributed by atoms with van der Waals surface area (Å²) >= 11 is 0. The lowest BCUT2D eigenvalue weighted by Crippen LogP contribution is -2.32. The molecule has 0 amide bonds. The van der Waals surface area contributed by atoms with E-state index in [1.165, 1.54) is 43.7 Å². The largest absolute Gasteiger partial charge is 0.298 e. The molecule has 1 aliphatic heterocycles. The smallest absolute Gasteiger partial charge is 0.261 e. The van der Waals surface area contributed by atoms with Crippen LogP contribution in [-0.4, -0.2) is 31.4 Å². The standard InChI is InChI=1S/C34H44FN3O2S/c1-34(2,3)33-22-27(15-18-36-33)16-19-38-20-17-28-23-30(13-12-29(28)24-38)41(39,40)37-32-14-11-26(21-31(32)35)10-6-9-25-7-4-5-8-25/h11-15,18,21-23,25,37H,4-10,16-17,19-20,24H2,1-3H3. The molecule has 1 fully saturated rings. The Bertz CT molecular complexity index is 1460. The molecule has 0 unspecified atom stereocenters. The molecule has 5 rings (SSSR count). The van der Waals surface area contributed by atoms with Gasteiger partial charge in [-0.1, -0.05) is 65.0 Å². The number of anilines is 1. The van der Waals surface area contributed by atoms with Gasteiger partial charge in [0.1, 0.15) is 5.82 Å². The quantitative estimate of drug-likeness (QED) is 0.272. The number of aromatic nitrogens is 1. The zero-order chi connectivity index (χ0) is 29.0. The van der Waals surface area contributed by atoms with Gasteiger partial charge in [0.05, 0.1) is 10.6 Å². The molecule has 0 spiro atoms. The highest BCUT2D eigenvalue weighted by molar-refractivity contribution is 7.92. The second kappa shape index (κ2) is 12.6. The first-order valence-electron chi connectivity index (χ1n) is 15.2. The third kappa shape index (κ3) is 7.75. The number of benzene rings is 2. The normalized spacial score (nSPS) is 16.6. The maximum absolute atomic E-state index is 14.9. The summed E-state index contributed by atoms with van der Waals surface area (Å²) < 4.78 is 43.7. The minimum atomic E-state index is -3.90. The van der Waals surface area contributed by atoms with E-state index in [4.69, 9.17) is 0 Å². The van der Waals surface area contributed by atoms with Crippen molar-refractivity contribution in [3.63, 3.8) is 0 Å². The van der Waals surface area contributed by atoms with Crippen LogP contribution in [-0.2, 0) is 41.2 Å². The molecule has 0 radical (unpaired) electrons. The fourth-order valence-corrected chi connectivity index (χ4v) is 7.28. The fourth-order valence-electron chi connectivity index (χ4n) is 6.17. The Hall–Kier alpha value is -2.77. The van der Waals surface area contributed by atoms with Crippen molar-refractivity contribution in [1.29, 1.82) is 0 Å². The molecular weight excluding hydrogens is 533 g/mol. The first-order chi connectivity index (χ1) is 19.6. The van der Waals surface area contributed by atoms with Crippen molar-refractivity contribution in [1.82, 2.24) is 9.88 Å². The van der Waals surface area contributed by atoms with Crippen molar-refractivity contribution >= 4 is 15.7 Å². The van der Waals surface area contributed by atoms with Gasteiger partial charge in [0.15, 0.2) is 0 Å². The van der Waals surface area contributed by atoms with Crippen LogP contribution in [0.4, 0.5) is 10.1 Å². The molecule has 1 aromatic heterocycles. The summed E-state index contributed by atoms with van der Waals surface area (Å²) in [4.78, 5) is 7.12. The maximum Gasteiger partial charge on any atom is 0.261 e. The number of hydrogen-bond acceptors (Lipinski definition) is 4. The van der Waals surface area contributed by atoms with E-state index in [2.05, 4.69) is 47.5 Å². The van der Waals surface area contributed by atoms with E-state index in [-0.39, 0.29) is 16.0 Å². The lowest BCUT2D eigenvalue weighted by atomic mass is 9.90. The summed E-state index contributed by atoms with van der Waals surface area (Å²) in [6, 6.07) is 14.5. The third-order valence-electron chi connectivity index (χ3n) is 8.72. The van der Waals surface area contributed by atoms with Crippen LogP contribution in [0.2, 0.25) is 0 Å². The van der Waals surface area contributed by atoms with Gasteiger partial charge in [-0.2, -0.15) is 0 Å². The predicted octanol–water partition coefficient (Wildman–Crippen LogP) is 7.43. The van der Waals surface area contributed by atoms with E-state index in [1.54, 1.807) is 18.2 Å². The molecule has 0 saturated heterocycles. The molecule has 2 heterocycles. The molecular formula is C34H44FN3O2S. The zero-order valence-electron chi connectivity index (χ0n) is 24.8. The Kier molecular flexibility index (Phi) is 9.15. The van der Waals surface area contributed by atoms with Crippen molar-refractivity contribution in [2.75, 3.05) is 17.8 Å². The number of fused-ring (bicyclic) bond motifs is 1. The van der Waals surface area contributed by atoms with Crippen LogP contribution in [0.3, 0.4) is 0 Å². The highest BCUT2D eigenvalue weighted by atomic mass is 32.2. The van der Waals surface area contributed by atoms with Crippen LogP contribution in [0.15, 0.2) is 59.6 Å². The molecule has 3 aromatic rings. The lowest BCUT2D eigenvalue weighted by Gasteiger charge is -2.29. The fraction of sp³-hybridized carbons (Fsp3) is 0.500. The van der Waals surface area contributed by atoms with Crippen LogP contribution >= 0.6 is 0 Å². The van der Waals surface area contributed by atoms with Crippen molar-refractivity contribution in [3.05, 3.63) is 88.5 Å². The Balaban J connectivity index is 1.17. The monoisotopic (exact) mass is 577 g/mol. The number of hydrogen-bond donors (Lipinski definition) is 1. The second-order valence-corrected chi connectivity index (χ2v) is 14.7. The highest BCUT2D eigenvalue weighted by Crippen LogP contribution is 2.30.